The van der Waals surface area contributed by atoms with Crippen LogP contribution in [-0.4, -0.2) is 67.1 Å². The first kappa shape index (κ1) is 18.4. The number of aliphatic hydroxyl groups excluding tert-OH is 2. The van der Waals surface area contributed by atoms with E-state index in [9.17, 15) is 8.42 Å². The number of hydrogen-bond acceptors (Lipinski definition) is 7. The Kier molecular flexibility index (Phi) is 11.7. The van der Waals surface area contributed by atoms with Crippen molar-refractivity contribution in [2.24, 2.45) is 0 Å². The van der Waals surface area contributed by atoms with Crippen LogP contribution in [0.5, 0.6) is 0 Å². The monoisotopic (exact) mass is 281 g/mol. The van der Waals surface area contributed by atoms with Crippen LogP contribution >= 0.6 is 12.4 Å². The number of hydrogen-bond donors (Lipinski definition) is 3. The molecule has 0 radical (unpaired) electrons. The van der Waals surface area contributed by atoms with Crippen LogP contribution in [0, 0.1) is 0 Å². The molecule has 10 heteroatoms. The highest BCUT2D eigenvalue weighted by Gasteiger charge is 2.11. The SMILES string of the molecule is Cl.O=S(=O)(O)CCN(OCCO)OCCO. The van der Waals surface area contributed by atoms with E-state index in [2.05, 4.69) is 0 Å². The standard InChI is InChI=1S/C6H15NO7S.ClH/c8-2-4-13-7(14-5-3-9)1-6-15(10,11)12;/h8-9H,1-6H2,(H,10,11,12);1H. The molecule has 3 N–H and O–H groups in total. The molecule has 0 aromatic carbocycles. The molecule has 8 nitrogen and oxygen atoms in total. The Morgan fingerprint density at radius 1 is 1.06 bits per heavy atom. The van der Waals surface area contributed by atoms with Crippen molar-refractivity contribution in [3.63, 3.8) is 0 Å². The lowest BCUT2D eigenvalue weighted by Crippen LogP contribution is -2.31. The van der Waals surface area contributed by atoms with E-state index in [1.165, 1.54) is 0 Å². The predicted octanol–water partition coefficient (Wildman–Crippen LogP) is -1.55. The van der Waals surface area contributed by atoms with Crippen LogP contribution in [0.15, 0.2) is 0 Å². The zero-order valence-electron chi connectivity index (χ0n) is 8.48. The number of hydroxylamine groups is 2. The smallest absolute Gasteiger partial charge is 0.266 e. The van der Waals surface area contributed by atoms with Gasteiger partial charge in [0.1, 0.15) is 0 Å². The normalized spacial score (nSPS) is 11.5. The number of rotatable bonds is 9. The molecule has 0 saturated heterocycles. The molecule has 0 aliphatic heterocycles. The highest BCUT2D eigenvalue weighted by atomic mass is 35.5. The van der Waals surface area contributed by atoms with E-state index < -0.39 is 15.9 Å². The minimum absolute atomic E-state index is 0. The highest BCUT2D eigenvalue weighted by molar-refractivity contribution is 7.85. The van der Waals surface area contributed by atoms with Gasteiger partial charge < -0.3 is 10.2 Å². The van der Waals surface area contributed by atoms with Crippen LogP contribution in [-0.2, 0) is 19.8 Å². The zero-order chi connectivity index (χ0) is 11.7. The minimum atomic E-state index is -4.10. The Labute approximate surface area is 99.8 Å². The van der Waals surface area contributed by atoms with Gasteiger partial charge in [-0.3, -0.25) is 14.2 Å². The van der Waals surface area contributed by atoms with Gasteiger partial charge in [-0.1, -0.05) is 5.23 Å². The molecule has 0 bridgehead atoms. The van der Waals surface area contributed by atoms with E-state index in [-0.39, 0.29) is 45.4 Å². The topological polar surface area (TPSA) is 117 Å². The Balaban J connectivity index is 0. The number of aliphatic hydroxyl groups is 2. The summed E-state index contributed by atoms with van der Waals surface area (Å²) in [7, 11) is -4.10. The third-order valence-corrected chi connectivity index (χ3v) is 1.88. The predicted molar refractivity (Wildman–Crippen MR) is 56.4 cm³/mol. The van der Waals surface area contributed by atoms with Crippen molar-refractivity contribution < 1.29 is 32.9 Å². The van der Waals surface area contributed by atoms with Crippen LogP contribution in [0.4, 0.5) is 0 Å². The van der Waals surface area contributed by atoms with Gasteiger partial charge in [0.2, 0.25) is 0 Å². The van der Waals surface area contributed by atoms with Crippen LogP contribution in [0.3, 0.4) is 0 Å². The van der Waals surface area contributed by atoms with Crippen molar-refractivity contribution in [3.8, 4) is 0 Å². The van der Waals surface area contributed by atoms with E-state index in [4.69, 9.17) is 24.4 Å². The minimum Gasteiger partial charge on any atom is -0.394 e. The van der Waals surface area contributed by atoms with Crippen molar-refractivity contribution in [2.75, 3.05) is 38.7 Å². The number of halogens is 1. The van der Waals surface area contributed by atoms with Gasteiger partial charge in [0, 0.05) is 0 Å². The van der Waals surface area contributed by atoms with E-state index in [0.717, 1.165) is 5.23 Å². The Hall–Kier alpha value is -0.0000000000000000971. The Bertz CT molecular complexity index is 239. The molecular weight excluding hydrogens is 266 g/mol. The molecule has 100 valence electrons. The van der Waals surface area contributed by atoms with Gasteiger partial charge in [0.25, 0.3) is 10.1 Å². The second-order valence-corrected chi connectivity index (χ2v) is 4.03. The van der Waals surface area contributed by atoms with E-state index >= 15 is 0 Å². The molecule has 0 unspecified atom stereocenters. The largest absolute Gasteiger partial charge is 0.394 e. The van der Waals surface area contributed by atoms with Crippen LogP contribution in [0.1, 0.15) is 0 Å². The third-order valence-electron chi connectivity index (χ3n) is 1.18. The molecule has 0 spiro atoms. The maximum Gasteiger partial charge on any atom is 0.266 e. The quantitative estimate of drug-likeness (QED) is 0.343. The van der Waals surface area contributed by atoms with Gasteiger partial charge in [0.15, 0.2) is 0 Å². The molecular formula is C6H16ClNO7S. The fourth-order valence-electron chi connectivity index (χ4n) is 0.642. The van der Waals surface area contributed by atoms with E-state index in [1.54, 1.807) is 0 Å². The fourth-order valence-corrected chi connectivity index (χ4v) is 1.02. The summed E-state index contributed by atoms with van der Waals surface area (Å²) in [5.41, 5.74) is 0. The molecule has 0 aliphatic rings. The zero-order valence-corrected chi connectivity index (χ0v) is 10.1. The molecule has 0 aromatic heterocycles. The van der Waals surface area contributed by atoms with Crippen molar-refractivity contribution in [3.05, 3.63) is 0 Å². The van der Waals surface area contributed by atoms with Gasteiger partial charge in [0.05, 0.1) is 38.7 Å². The summed E-state index contributed by atoms with van der Waals surface area (Å²) in [5, 5.41) is 17.7. The van der Waals surface area contributed by atoms with Gasteiger partial charge in [-0.25, -0.2) is 0 Å². The molecule has 0 fully saturated rings. The van der Waals surface area contributed by atoms with Gasteiger partial charge in [-0.15, -0.1) is 12.4 Å². The summed E-state index contributed by atoms with van der Waals surface area (Å²) in [6.07, 6.45) is 0. The Morgan fingerprint density at radius 2 is 1.50 bits per heavy atom. The molecule has 0 aliphatic carbocycles. The average molecular weight is 282 g/mol. The van der Waals surface area contributed by atoms with Crippen LogP contribution in [0.25, 0.3) is 0 Å². The van der Waals surface area contributed by atoms with Crippen molar-refractivity contribution in [1.29, 1.82) is 0 Å². The van der Waals surface area contributed by atoms with Crippen molar-refractivity contribution in [1.82, 2.24) is 5.23 Å². The molecule has 0 aromatic rings. The summed E-state index contributed by atoms with van der Waals surface area (Å²) in [6.45, 7) is -0.887. The molecule has 0 amide bonds. The first-order valence-electron chi connectivity index (χ1n) is 4.20. The first-order chi connectivity index (χ1) is 6.99. The van der Waals surface area contributed by atoms with E-state index in [0.29, 0.717) is 0 Å². The van der Waals surface area contributed by atoms with Crippen LogP contribution < -0.4 is 0 Å². The summed E-state index contributed by atoms with van der Waals surface area (Å²) in [6, 6.07) is 0. The Morgan fingerprint density at radius 3 is 1.81 bits per heavy atom. The summed E-state index contributed by atoms with van der Waals surface area (Å²) < 4.78 is 29.3. The first-order valence-corrected chi connectivity index (χ1v) is 5.80. The second kappa shape index (κ2) is 10.2. The molecule has 0 heterocycles. The number of nitrogens with zero attached hydrogens (tertiary/aromatic N) is 1. The summed E-state index contributed by atoms with van der Waals surface area (Å²) >= 11 is 0. The second-order valence-electron chi connectivity index (χ2n) is 2.46. The highest BCUT2D eigenvalue weighted by Crippen LogP contribution is 1.94. The van der Waals surface area contributed by atoms with Gasteiger partial charge in [-0.2, -0.15) is 8.42 Å². The maximum atomic E-state index is 10.4. The van der Waals surface area contributed by atoms with Crippen molar-refractivity contribution >= 4 is 22.5 Å². The van der Waals surface area contributed by atoms with Crippen molar-refractivity contribution in [2.45, 2.75) is 0 Å². The lowest BCUT2D eigenvalue weighted by Gasteiger charge is -2.19. The summed E-state index contributed by atoms with van der Waals surface area (Å²) in [5.74, 6) is -0.566. The van der Waals surface area contributed by atoms with Gasteiger partial charge in [-0.05, 0) is 0 Å². The molecule has 0 rings (SSSR count). The maximum absolute atomic E-state index is 10.4. The van der Waals surface area contributed by atoms with Gasteiger partial charge >= 0.3 is 0 Å². The molecule has 16 heavy (non-hydrogen) atoms. The molecule has 0 saturated carbocycles. The lowest BCUT2D eigenvalue weighted by molar-refractivity contribution is -0.368. The lowest BCUT2D eigenvalue weighted by atomic mass is 10.8. The van der Waals surface area contributed by atoms with E-state index in [1.807, 2.05) is 0 Å². The fraction of sp³-hybridized carbons (Fsp3) is 1.00. The summed E-state index contributed by atoms with van der Waals surface area (Å²) in [4.78, 5) is 9.53. The van der Waals surface area contributed by atoms with Crippen LogP contribution in [0.2, 0.25) is 0 Å². The average Bonchev–Trinajstić information content (AvgIpc) is 2.15. The molecule has 0 atom stereocenters. The third kappa shape index (κ3) is 12.1.